The van der Waals surface area contributed by atoms with Gasteiger partial charge in [0.05, 0.1) is 11.5 Å². The zero-order chi connectivity index (χ0) is 21.8. The van der Waals surface area contributed by atoms with E-state index in [-0.39, 0.29) is 17.4 Å². The van der Waals surface area contributed by atoms with Crippen LogP contribution in [0, 0.1) is 12.8 Å². The quantitative estimate of drug-likeness (QED) is 0.591. The molecule has 0 amide bonds. The second-order valence-corrected chi connectivity index (χ2v) is 11.0. The molecule has 31 heavy (non-hydrogen) atoms. The van der Waals surface area contributed by atoms with Gasteiger partial charge >= 0.3 is 0 Å². The van der Waals surface area contributed by atoms with E-state index in [1.807, 2.05) is 6.92 Å². The maximum Gasteiger partial charge on any atom is 0.296 e. The monoisotopic (exact) mass is 438 g/mol. The lowest BCUT2D eigenvalue weighted by molar-refractivity contribution is 0.0406. The second-order valence-electron chi connectivity index (χ2n) is 9.41. The SMILES string of the molecule is Cc1ccc(S(=O)(=O)OC[C@@H]2C[C@@H]3c4cccc5[nH]cc(c45)C[C@H]3N(C(C)C)C2)cc1. The topological polar surface area (TPSA) is 62.4 Å². The molecule has 0 radical (unpaired) electrons. The van der Waals surface area contributed by atoms with Crippen molar-refractivity contribution in [2.24, 2.45) is 5.92 Å². The van der Waals surface area contributed by atoms with Gasteiger partial charge in [-0.15, -0.1) is 0 Å². The number of likely N-dealkylation sites (tertiary alicyclic amines) is 1. The van der Waals surface area contributed by atoms with Gasteiger partial charge in [-0.25, -0.2) is 0 Å². The van der Waals surface area contributed by atoms with Crippen LogP contribution >= 0.6 is 0 Å². The number of rotatable bonds is 5. The summed E-state index contributed by atoms with van der Waals surface area (Å²) in [5, 5.41) is 1.36. The highest BCUT2D eigenvalue weighted by molar-refractivity contribution is 7.86. The Labute approximate surface area is 184 Å². The molecule has 6 heteroatoms. The number of nitrogens with one attached hydrogen (secondary N) is 1. The molecule has 0 spiro atoms. The molecule has 2 heterocycles. The molecule has 3 aromatic rings. The van der Waals surface area contributed by atoms with Crippen molar-refractivity contribution in [3.63, 3.8) is 0 Å². The number of aromatic amines is 1. The summed E-state index contributed by atoms with van der Waals surface area (Å²) in [6, 6.07) is 14.2. The molecular weight excluding hydrogens is 408 g/mol. The number of fused-ring (bicyclic) bond motifs is 2. The molecular formula is C25H30N2O3S. The van der Waals surface area contributed by atoms with Crippen molar-refractivity contribution in [1.29, 1.82) is 0 Å². The second kappa shape index (κ2) is 7.76. The van der Waals surface area contributed by atoms with Crippen LogP contribution in [0.2, 0.25) is 0 Å². The zero-order valence-electron chi connectivity index (χ0n) is 18.3. The van der Waals surface area contributed by atoms with Gasteiger partial charge in [-0.05, 0) is 68.9 Å². The largest absolute Gasteiger partial charge is 0.361 e. The normalized spacial score (nSPS) is 23.9. The fourth-order valence-corrected chi connectivity index (χ4v) is 6.48. The predicted octanol–water partition coefficient (Wildman–Crippen LogP) is 4.62. The van der Waals surface area contributed by atoms with Crippen molar-refractivity contribution in [2.45, 2.75) is 56.5 Å². The molecule has 0 bridgehead atoms. The van der Waals surface area contributed by atoms with Gasteiger partial charge in [0, 0.05) is 41.6 Å². The maximum absolute atomic E-state index is 12.7. The van der Waals surface area contributed by atoms with Gasteiger partial charge < -0.3 is 4.98 Å². The third-order valence-corrected chi connectivity index (χ3v) is 8.32. The van der Waals surface area contributed by atoms with Crippen molar-refractivity contribution in [2.75, 3.05) is 13.2 Å². The smallest absolute Gasteiger partial charge is 0.296 e. The van der Waals surface area contributed by atoms with Crippen molar-refractivity contribution < 1.29 is 12.6 Å². The van der Waals surface area contributed by atoms with E-state index < -0.39 is 10.1 Å². The van der Waals surface area contributed by atoms with Crippen LogP contribution in [-0.2, 0) is 20.7 Å². The first-order chi connectivity index (χ1) is 14.8. The van der Waals surface area contributed by atoms with Gasteiger partial charge in [-0.2, -0.15) is 8.42 Å². The zero-order valence-corrected chi connectivity index (χ0v) is 19.2. The first-order valence-electron chi connectivity index (χ1n) is 11.1. The summed E-state index contributed by atoms with van der Waals surface area (Å²) >= 11 is 0. The predicted molar refractivity (Wildman–Crippen MR) is 123 cm³/mol. The van der Waals surface area contributed by atoms with Crippen molar-refractivity contribution >= 4 is 21.0 Å². The van der Waals surface area contributed by atoms with E-state index in [4.69, 9.17) is 4.18 Å². The van der Waals surface area contributed by atoms with E-state index in [1.165, 1.54) is 22.0 Å². The maximum atomic E-state index is 12.7. The van der Waals surface area contributed by atoms with Gasteiger partial charge in [0.25, 0.3) is 10.1 Å². The van der Waals surface area contributed by atoms with Crippen LogP contribution in [0.1, 0.15) is 42.9 Å². The van der Waals surface area contributed by atoms with Crippen LogP contribution in [0.3, 0.4) is 0 Å². The number of hydrogen-bond acceptors (Lipinski definition) is 4. The van der Waals surface area contributed by atoms with E-state index in [0.717, 1.165) is 24.9 Å². The van der Waals surface area contributed by atoms with Crippen LogP contribution in [0.15, 0.2) is 53.6 Å². The minimum atomic E-state index is -3.75. The van der Waals surface area contributed by atoms with Crippen molar-refractivity contribution in [3.8, 4) is 0 Å². The van der Waals surface area contributed by atoms with E-state index in [1.54, 1.807) is 24.3 Å². The number of aryl methyl sites for hydroxylation is 1. The fraction of sp³-hybridized carbons (Fsp3) is 0.440. The Hall–Kier alpha value is -2.15. The number of H-pyrrole nitrogens is 1. The first kappa shape index (κ1) is 20.7. The van der Waals surface area contributed by atoms with Crippen LogP contribution < -0.4 is 0 Å². The fourth-order valence-electron chi connectivity index (χ4n) is 5.50. The molecule has 1 aromatic heterocycles. The Morgan fingerprint density at radius 2 is 1.94 bits per heavy atom. The molecule has 164 valence electrons. The molecule has 5 nitrogen and oxygen atoms in total. The van der Waals surface area contributed by atoms with Crippen LogP contribution in [0.4, 0.5) is 0 Å². The third kappa shape index (κ3) is 3.71. The van der Waals surface area contributed by atoms with Crippen LogP contribution in [0.5, 0.6) is 0 Å². The summed E-state index contributed by atoms with van der Waals surface area (Å²) in [5.41, 5.74) is 5.01. The highest BCUT2D eigenvalue weighted by Crippen LogP contribution is 2.45. The van der Waals surface area contributed by atoms with Crippen LogP contribution in [-0.4, -0.2) is 43.5 Å². The number of hydrogen-bond donors (Lipinski definition) is 1. The summed E-state index contributed by atoms with van der Waals surface area (Å²) in [7, 11) is -3.75. The van der Waals surface area contributed by atoms with Gasteiger partial charge in [0.2, 0.25) is 0 Å². The summed E-state index contributed by atoms with van der Waals surface area (Å²) in [4.78, 5) is 6.21. The number of piperidine rings is 1. The van der Waals surface area contributed by atoms with Gasteiger partial charge in [0.15, 0.2) is 0 Å². The van der Waals surface area contributed by atoms with E-state index in [9.17, 15) is 8.42 Å². The van der Waals surface area contributed by atoms with E-state index >= 15 is 0 Å². The Bertz CT molecular complexity index is 1200. The lowest BCUT2D eigenvalue weighted by Crippen LogP contribution is -2.53. The molecule has 1 aliphatic heterocycles. The Kier molecular flexibility index (Phi) is 5.19. The number of aromatic nitrogens is 1. The van der Waals surface area contributed by atoms with Crippen molar-refractivity contribution in [3.05, 3.63) is 65.4 Å². The lowest BCUT2D eigenvalue weighted by atomic mass is 9.72. The minimum Gasteiger partial charge on any atom is -0.361 e. The summed E-state index contributed by atoms with van der Waals surface area (Å²) in [6.07, 6.45) is 4.14. The van der Waals surface area contributed by atoms with Crippen molar-refractivity contribution in [1.82, 2.24) is 9.88 Å². The van der Waals surface area contributed by atoms with Gasteiger partial charge in [-0.1, -0.05) is 29.8 Å². The Morgan fingerprint density at radius 1 is 1.16 bits per heavy atom. The highest BCUT2D eigenvalue weighted by atomic mass is 32.2. The average molecular weight is 439 g/mol. The van der Waals surface area contributed by atoms with E-state index in [2.05, 4.69) is 48.1 Å². The standard InChI is InChI=1S/C25H30N2O3S/c1-16(2)27-14-18(15-30-31(28,29)20-9-7-17(3)8-10-20)11-22-21-5-4-6-23-25(21)19(13-26-23)12-24(22)27/h4-10,13,16,18,22,24,26H,11-12,14-15H2,1-3H3/t18-,22-,24-/m1/s1. The van der Waals surface area contributed by atoms with Crippen LogP contribution in [0.25, 0.3) is 10.9 Å². The summed E-state index contributed by atoms with van der Waals surface area (Å²) in [6.45, 7) is 7.49. The molecule has 1 N–H and O–H groups in total. The van der Waals surface area contributed by atoms with E-state index in [0.29, 0.717) is 18.0 Å². The third-order valence-electron chi connectivity index (χ3n) is 7.03. The number of benzene rings is 2. The number of nitrogens with zero attached hydrogens (tertiary/aromatic N) is 1. The van der Waals surface area contributed by atoms with Gasteiger partial charge in [-0.3, -0.25) is 9.08 Å². The molecule has 1 saturated heterocycles. The molecule has 2 aliphatic rings. The molecule has 1 fully saturated rings. The summed E-state index contributed by atoms with van der Waals surface area (Å²) < 4.78 is 31.0. The minimum absolute atomic E-state index is 0.166. The summed E-state index contributed by atoms with van der Waals surface area (Å²) in [5.74, 6) is 0.554. The average Bonchev–Trinajstić information content (AvgIpc) is 3.16. The first-order valence-corrected chi connectivity index (χ1v) is 12.5. The molecule has 3 atom stereocenters. The Balaban J connectivity index is 1.40. The molecule has 0 unspecified atom stereocenters. The highest BCUT2D eigenvalue weighted by Gasteiger charge is 2.42. The molecule has 2 aromatic carbocycles. The molecule has 0 saturated carbocycles. The molecule has 1 aliphatic carbocycles. The van der Waals surface area contributed by atoms with Gasteiger partial charge in [0.1, 0.15) is 0 Å². The lowest BCUT2D eigenvalue weighted by Gasteiger charge is -2.48. The Morgan fingerprint density at radius 3 is 2.68 bits per heavy atom. The molecule has 5 rings (SSSR count).